The number of nitrogens with one attached hydrogen (secondary N) is 5. The third-order valence-electron chi connectivity index (χ3n) is 10.6. The Morgan fingerprint density at radius 3 is 2.33 bits per heavy atom. The van der Waals surface area contributed by atoms with Gasteiger partial charge in [0.05, 0.1) is 69.8 Å². The molecule has 0 aliphatic carbocycles. The molecule has 1 fully saturated rings. The number of hydrogen-bond acceptors (Lipinski definition) is 18. The fraction of sp³-hybridized carbons (Fsp3) is 0.349. The van der Waals surface area contributed by atoms with Gasteiger partial charge in [0.1, 0.15) is 23.2 Å². The number of rotatable bonds is 23. The van der Waals surface area contributed by atoms with E-state index in [1.165, 1.54) is 54.5 Å². The smallest absolute Gasteiger partial charge is 0.382 e. The van der Waals surface area contributed by atoms with Crippen molar-refractivity contribution in [3.05, 3.63) is 101 Å². The molecular formula is C43H46F3N13O10S. The van der Waals surface area contributed by atoms with Crippen LogP contribution in [0.25, 0.3) is 0 Å². The first-order valence-corrected chi connectivity index (χ1v) is 23.3. The normalized spacial score (nSPS) is 14.9. The zero-order valence-corrected chi connectivity index (χ0v) is 38.3. The third-order valence-corrected chi connectivity index (χ3v) is 11.8. The molecule has 23 nitrogen and oxygen atoms in total. The number of nitrogens with zero attached hydrogens (tertiary/aromatic N) is 8. The van der Waals surface area contributed by atoms with E-state index in [1.54, 1.807) is 24.3 Å². The van der Waals surface area contributed by atoms with E-state index in [1.807, 2.05) is 0 Å². The molecule has 7 rings (SSSR count). The monoisotopic (exact) mass is 993 g/mol. The summed E-state index contributed by atoms with van der Waals surface area (Å²) in [6.45, 7) is 2.14. The van der Waals surface area contributed by atoms with Crippen molar-refractivity contribution in [1.29, 1.82) is 0 Å². The van der Waals surface area contributed by atoms with Crippen LogP contribution in [0, 0.1) is 0 Å². The Bertz CT molecular complexity index is 2850. The number of carbonyl (C=O) groups excluding carboxylic acids is 5. The molecule has 5 amide bonds. The van der Waals surface area contributed by atoms with E-state index in [0.29, 0.717) is 29.7 Å². The number of hydrogen-bond donors (Lipinski definition) is 5. The van der Waals surface area contributed by atoms with Crippen LogP contribution in [0.1, 0.15) is 55.2 Å². The molecule has 70 heavy (non-hydrogen) atoms. The van der Waals surface area contributed by atoms with Crippen LogP contribution in [-0.4, -0.2) is 138 Å². The molecule has 1 atom stereocenters. The molecule has 1 unspecified atom stereocenters. The Morgan fingerprint density at radius 1 is 0.900 bits per heavy atom. The van der Waals surface area contributed by atoms with E-state index in [9.17, 15) is 45.6 Å². The highest BCUT2D eigenvalue weighted by Gasteiger charge is 2.45. The first kappa shape index (κ1) is 50.3. The standard InChI is InChI=1S/C43H46F3N13O10S/c1-57(70(2,65)66)37-26(5-4-14-48-37)23-49-42-50-24-30(43(44,45)46)36(54-42)51-27-8-10-28(11-9-27)52-38(61)32-25-58(56-55-32)16-18-68-20-22-69-21-19-67-17-15-47-31-7-3-6-29-35(31)41(64)59(40(29)63)33-12-13-34(60)53-39(33)62/h3-11,14,24-25,33,47H,12-13,15-23H2,1-2H3,(H,52,61)(H,53,60,62)(H2,49,50,51,54). The van der Waals surface area contributed by atoms with E-state index in [4.69, 9.17) is 14.2 Å². The fourth-order valence-electron chi connectivity index (χ4n) is 7.05. The summed E-state index contributed by atoms with van der Waals surface area (Å²) in [4.78, 5) is 75.9. The predicted molar refractivity (Wildman–Crippen MR) is 244 cm³/mol. The van der Waals surface area contributed by atoms with Crippen molar-refractivity contribution >= 4 is 74.2 Å². The summed E-state index contributed by atoms with van der Waals surface area (Å²) in [5, 5.41) is 21.2. The van der Waals surface area contributed by atoms with Crippen molar-refractivity contribution in [3.8, 4) is 0 Å². The molecule has 0 bridgehead atoms. The van der Waals surface area contributed by atoms with Crippen molar-refractivity contribution in [2.75, 3.05) is 85.1 Å². The van der Waals surface area contributed by atoms with Crippen LogP contribution in [0.3, 0.4) is 0 Å². The van der Waals surface area contributed by atoms with Crippen LogP contribution < -0.4 is 30.9 Å². The van der Waals surface area contributed by atoms with Crippen LogP contribution in [0.4, 0.5) is 47.8 Å². The number of anilines is 6. The molecule has 27 heteroatoms. The molecule has 5 aromatic rings. The number of alkyl halides is 3. The van der Waals surface area contributed by atoms with Crippen molar-refractivity contribution in [1.82, 2.24) is 40.2 Å². The highest BCUT2D eigenvalue weighted by molar-refractivity contribution is 7.92. The van der Waals surface area contributed by atoms with Gasteiger partial charge < -0.3 is 35.5 Å². The minimum atomic E-state index is -4.81. The number of amides is 5. The zero-order chi connectivity index (χ0) is 50.0. The van der Waals surface area contributed by atoms with Gasteiger partial charge in [-0.15, -0.1) is 5.10 Å². The summed E-state index contributed by atoms with van der Waals surface area (Å²) in [7, 11) is -2.32. The number of sulfonamides is 1. The average Bonchev–Trinajstić information content (AvgIpc) is 3.90. The van der Waals surface area contributed by atoms with Gasteiger partial charge in [0.2, 0.25) is 27.8 Å². The lowest BCUT2D eigenvalue weighted by Crippen LogP contribution is -2.54. The first-order valence-electron chi connectivity index (χ1n) is 21.4. The number of aromatic nitrogens is 6. The van der Waals surface area contributed by atoms with Crippen molar-refractivity contribution in [2.45, 2.75) is 38.1 Å². The second-order valence-electron chi connectivity index (χ2n) is 15.5. The van der Waals surface area contributed by atoms with Crippen molar-refractivity contribution in [3.63, 3.8) is 0 Å². The summed E-state index contributed by atoms with van der Waals surface area (Å²) in [6, 6.07) is 12.7. The number of fused-ring (bicyclic) bond motifs is 1. The van der Waals surface area contributed by atoms with Gasteiger partial charge in [-0.1, -0.05) is 17.3 Å². The minimum absolute atomic E-state index is 0.00521. The van der Waals surface area contributed by atoms with Crippen LogP contribution in [0.15, 0.2) is 73.2 Å². The van der Waals surface area contributed by atoms with Gasteiger partial charge in [-0.25, -0.2) is 23.1 Å². The van der Waals surface area contributed by atoms with Gasteiger partial charge in [-0.2, -0.15) is 18.2 Å². The molecular weight excluding hydrogens is 948 g/mol. The maximum atomic E-state index is 14.0. The summed E-state index contributed by atoms with van der Waals surface area (Å²) in [5.41, 5.74) is 0.575. The Morgan fingerprint density at radius 2 is 1.61 bits per heavy atom. The number of carbonyl (C=O) groups is 5. The molecule has 5 N–H and O–H groups in total. The number of pyridine rings is 1. The molecule has 5 heterocycles. The topological polar surface area (TPSA) is 283 Å². The molecule has 1 saturated heterocycles. The van der Waals surface area contributed by atoms with Crippen molar-refractivity contribution < 1.29 is 59.8 Å². The van der Waals surface area contributed by atoms with Gasteiger partial charge in [0.15, 0.2) is 5.69 Å². The number of benzene rings is 2. The molecule has 0 radical (unpaired) electrons. The van der Waals surface area contributed by atoms with E-state index < -0.39 is 63.2 Å². The van der Waals surface area contributed by atoms with E-state index >= 15 is 0 Å². The van der Waals surface area contributed by atoms with Crippen LogP contribution in [0.2, 0.25) is 0 Å². The molecule has 2 aliphatic rings. The number of halogens is 3. The Balaban J connectivity index is 0.781. The highest BCUT2D eigenvalue weighted by atomic mass is 32.2. The van der Waals surface area contributed by atoms with Gasteiger partial charge in [0, 0.05) is 61.6 Å². The van der Waals surface area contributed by atoms with E-state index in [2.05, 4.69) is 51.8 Å². The molecule has 2 aromatic carbocycles. The second kappa shape index (κ2) is 22.2. The van der Waals surface area contributed by atoms with E-state index in [0.717, 1.165) is 15.5 Å². The summed E-state index contributed by atoms with van der Waals surface area (Å²) in [6.07, 6.45) is -0.252. The summed E-state index contributed by atoms with van der Waals surface area (Å²) >= 11 is 0. The van der Waals surface area contributed by atoms with Gasteiger partial charge in [-0.3, -0.25) is 38.5 Å². The summed E-state index contributed by atoms with van der Waals surface area (Å²) in [5.74, 6) is -3.52. The maximum absolute atomic E-state index is 14.0. The number of piperidine rings is 1. The summed E-state index contributed by atoms with van der Waals surface area (Å²) < 4.78 is 85.1. The molecule has 0 saturated carbocycles. The Kier molecular flexibility index (Phi) is 15.9. The number of ether oxygens (including phenoxy) is 3. The Labute approximate surface area is 397 Å². The van der Waals surface area contributed by atoms with Gasteiger partial charge in [0.25, 0.3) is 17.7 Å². The lowest BCUT2D eigenvalue weighted by Gasteiger charge is -2.27. The van der Waals surface area contributed by atoms with Crippen LogP contribution >= 0.6 is 0 Å². The highest BCUT2D eigenvalue weighted by Crippen LogP contribution is 2.36. The molecule has 370 valence electrons. The lowest BCUT2D eigenvalue weighted by molar-refractivity contribution is -0.138. The maximum Gasteiger partial charge on any atom is 0.421 e. The number of imide groups is 2. The largest absolute Gasteiger partial charge is 0.421 e. The second-order valence-corrected chi connectivity index (χ2v) is 17.5. The SMILES string of the molecule is CN(c1ncccc1CNc1ncc(C(F)(F)F)c(Nc2ccc(NC(=O)c3cn(CCOCCOCCOCCNc4cccc5c4C(=O)N(C4CCC(=O)NC4=O)C5=O)nn3)cc2)n1)S(C)(=O)=O. The predicted octanol–water partition coefficient (Wildman–Crippen LogP) is 3.05. The quantitative estimate of drug-likeness (QED) is 0.0464. The van der Waals surface area contributed by atoms with E-state index in [-0.39, 0.29) is 99.8 Å². The average molecular weight is 994 g/mol. The zero-order valence-electron chi connectivity index (χ0n) is 37.5. The lowest BCUT2D eigenvalue weighted by atomic mass is 10.0. The first-order chi connectivity index (χ1) is 33.5. The van der Waals surface area contributed by atoms with Crippen molar-refractivity contribution in [2.24, 2.45) is 0 Å². The van der Waals surface area contributed by atoms with Crippen LogP contribution in [0.5, 0.6) is 0 Å². The fourth-order valence-corrected chi connectivity index (χ4v) is 7.53. The third kappa shape index (κ3) is 12.5. The minimum Gasteiger partial charge on any atom is -0.382 e. The molecule has 2 aliphatic heterocycles. The Hall–Kier alpha value is -7.62. The molecule has 3 aromatic heterocycles. The van der Waals surface area contributed by atoms with Gasteiger partial charge in [-0.05, 0) is 48.9 Å². The van der Waals surface area contributed by atoms with Crippen LogP contribution in [-0.2, 0) is 53.1 Å². The molecule has 0 spiro atoms. The van der Waals surface area contributed by atoms with Gasteiger partial charge >= 0.3 is 6.18 Å².